The molecule has 0 spiro atoms. The summed E-state index contributed by atoms with van der Waals surface area (Å²) in [4.78, 5) is 68.2. The molecule has 11 heteroatoms. The van der Waals surface area contributed by atoms with Gasteiger partial charge in [0.1, 0.15) is 0 Å². The summed E-state index contributed by atoms with van der Waals surface area (Å²) in [7, 11) is 1.36. The fourth-order valence-electron chi connectivity index (χ4n) is 7.43. The summed E-state index contributed by atoms with van der Waals surface area (Å²) in [6.45, 7) is 1.92. The molecule has 2 aliphatic rings. The number of hydrogen-bond donors (Lipinski definition) is 0. The first-order chi connectivity index (χ1) is 25.9. The molecule has 0 N–H and O–H groups in total. The van der Waals surface area contributed by atoms with Gasteiger partial charge in [0.2, 0.25) is 0 Å². The largest absolute Gasteiger partial charge is 0.309 e. The normalized spacial score (nSPS) is 13.8. The molecule has 0 bridgehead atoms. The van der Waals surface area contributed by atoms with Crippen molar-refractivity contribution in [2.24, 2.45) is 0 Å². The second-order valence-electron chi connectivity index (χ2n) is 13.3. The molecule has 4 amide bonds. The Morgan fingerprint density at radius 3 is 1.80 bits per heavy atom. The number of halogens is 3. The molecule has 0 atom stereocenters. The molecule has 0 saturated heterocycles. The number of aryl methyl sites for hydroxylation is 1. The van der Waals surface area contributed by atoms with Crippen LogP contribution >= 0.6 is 0 Å². The van der Waals surface area contributed by atoms with Gasteiger partial charge in [-0.1, -0.05) is 42.0 Å². The van der Waals surface area contributed by atoms with Crippen LogP contribution in [0, 0.1) is 24.4 Å². The zero-order valence-electron chi connectivity index (χ0n) is 28.4. The highest BCUT2D eigenvalue weighted by molar-refractivity contribution is 6.35. The number of anilines is 1. The molecule has 7 aromatic rings. The molecule has 3 heterocycles. The van der Waals surface area contributed by atoms with Crippen LogP contribution in [0.15, 0.2) is 109 Å². The van der Waals surface area contributed by atoms with Crippen molar-refractivity contribution in [1.29, 1.82) is 0 Å². The van der Waals surface area contributed by atoms with Gasteiger partial charge in [-0.25, -0.2) is 18.1 Å². The standard InChI is InChI=1S/C43H24F3N3O5/c1-21-7-13-36-29(15-21)30-20-25(10-14-37(30)49(36)35-6-4-3-5-26(35)24-18-33(44)38(46)34(45)19-24)48-42(53)28-12-9-23(17-32(28)43(48)54)39(50)22-8-11-27-31(16-22)41(52)47(2)40(27)51/h3-20H,1-2H3. The highest BCUT2D eigenvalue weighted by atomic mass is 19.2. The van der Waals surface area contributed by atoms with E-state index < -0.39 is 46.9 Å². The molecule has 0 fully saturated rings. The van der Waals surface area contributed by atoms with E-state index in [1.807, 2.05) is 29.7 Å². The summed E-state index contributed by atoms with van der Waals surface area (Å²) in [5, 5.41) is 1.46. The van der Waals surface area contributed by atoms with Crippen molar-refractivity contribution in [2.45, 2.75) is 6.92 Å². The lowest BCUT2D eigenvalue weighted by Gasteiger charge is -2.16. The molecule has 9 rings (SSSR count). The van der Waals surface area contributed by atoms with Gasteiger partial charge in [-0.2, -0.15) is 0 Å². The Morgan fingerprint density at radius 1 is 0.556 bits per heavy atom. The number of imide groups is 2. The van der Waals surface area contributed by atoms with Gasteiger partial charge in [-0.3, -0.25) is 28.9 Å². The minimum Gasteiger partial charge on any atom is -0.309 e. The summed E-state index contributed by atoms with van der Waals surface area (Å²) in [6.07, 6.45) is 0. The van der Waals surface area contributed by atoms with Crippen LogP contribution in [-0.4, -0.2) is 45.9 Å². The van der Waals surface area contributed by atoms with E-state index in [2.05, 4.69) is 0 Å². The number of nitrogens with zero attached hydrogens (tertiary/aromatic N) is 3. The number of rotatable bonds is 5. The predicted molar refractivity (Wildman–Crippen MR) is 195 cm³/mol. The van der Waals surface area contributed by atoms with Gasteiger partial charge in [0.25, 0.3) is 23.6 Å². The number of ketones is 1. The quantitative estimate of drug-likeness (QED) is 0.101. The first-order valence-electron chi connectivity index (χ1n) is 16.8. The highest BCUT2D eigenvalue weighted by Gasteiger charge is 2.38. The Hall–Kier alpha value is -7.14. The third-order valence-electron chi connectivity index (χ3n) is 10.1. The van der Waals surface area contributed by atoms with Crippen molar-refractivity contribution >= 4 is 56.9 Å². The van der Waals surface area contributed by atoms with Gasteiger partial charge in [0.05, 0.1) is 44.7 Å². The molecule has 6 aromatic carbocycles. The van der Waals surface area contributed by atoms with Gasteiger partial charge in [-0.15, -0.1) is 0 Å². The number of carbonyl (C=O) groups is 5. The number of para-hydroxylation sites is 1. The topological polar surface area (TPSA) is 96.8 Å². The summed E-state index contributed by atoms with van der Waals surface area (Å²) in [5.74, 6) is -6.88. The third kappa shape index (κ3) is 4.68. The van der Waals surface area contributed by atoms with E-state index in [1.165, 1.54) is 43.4 Å². The fourth-order valence-corrected chi connectivity index (χ4v) is 7.43. The highest BCUT2D eigenvalue weighted by Crippen LogP contribution is 2.40. The number of aromatic nitrogens is 1. The lowest BCUT2D eigenvalue weighted by atomic mass is 9.96. The second-order valence-corrected chi connectivity index (χ2v) is 13.3. The van der Waals surface area contributed by atoms with Crippen molar-refractivity contribution in [3.05, 3.63) is 166 Å². The van der Waals surface area contributed by atoms with E-state index in [0.29, 0.717) is 22.2 Å². The predicted octanol–water partition coefficient (Wildman–Crippen LogP) is 8.43. The number of amides is 4. The van der Waals surface area contributed by atoms with Crippen molar-refractivity contribution in [3.63, 3.8) is 0 Å². The second kappa shape index (κ2) is 11.7. The molecule has 0 unspecified atom stereocenters. The summed E-state index contributed by atoms with van der Waals surface area (Å²) in [6, 6.07) is 28.2. The lowest BCUT2D eigenvalue weighted by molar-refractivity contribution is 0.0692. The molecular weight excluding hydrogens is 695 g/mol. The Kier molecular flexibility index (Phi) is 7.09. The average molecular weight is 720 g/mol. The van der Waals surface area contributed by atoms with Crippen LogP contribution in [0.4, 0.5) is 18.9 Å². The van der Waals surface area contributed by atoms with E-state index in [0.717, 1.165) is 38.4 Å². The van der Waals surface area contributed by atoms with Crippen LogP contribution in [0.1, 0.15) is 62.9 Å². The van der Waals surface area contributed by atoms with Crippen LogP contribution in [0.3, 0.4) is 0 Å². The molecule has 54 heavy (non-hydrogen) atoms. The van der Waals surface area contributed by atoms with E-state index >= 15 is 0 Å². The molecule has 1 aromatic heterocycles. The van der Waals surface area contributed by atoms with Crippen molar-refractivity contribution in [1.82, 2.24) is 9.47 Å². The molecule has 2 aliphatic heterocycles. The Balaban J connectivity index is 1.12. The fraction of sp³-hybridized carbons (Fsp3) is 0.0465. The van der Waals surface area contributed by atoms with E-state index in [4.69, 9.17) is 0 Å². The van der Waals surface area contributed by atoms with Gasteiger partial charge < -0.3 is 4.57 Å². The molecule has 0 radical (unpaired) electrons. The van der Waals surface area contributed by atoms with E-state index in [-0.39, 0.29) is 44.6 Å². The molecule has 262 valence electrons. The molecule has 0 saturated carbocycles. The van der Waals surface area contributed by atoms with Crippen molar-refractivity contribution < 1.29 is 37.1 Å². The summed E-state index contributed by atoms with van der Waals surface area (Å²) < 4.78 is 44.6. The minimum absolute atomic E-state index is 0.0315. The first-order valence-corrected chi connectivity index (χ1v) is 16.8. The van der Waals surface area contributed by atoms with E-state index in [1.54, 1.807) is 42.5 Å². The van der Waals surface area contributed by atoms with Crippen molar-refractivity contribution in [3.8, 4) is 16.8 Å². The van der Waals surface area contributed by atoms with Gasteiger partial charge in [-0.05, 0) is 85.3 Å². The lowest BCUT2D eigenvalue weighted by Crippen LogP contribution is -2.29. The van der Waals surface area contributed by atoms with Gasteiger partial charge >= 0.3 is 0 Å². The number of hydrogen-bond acceptors (Lipinski definition) is 5. The Morgan fingerprint density at radius 2 is 1.11 bits per heavy atom. The first kappa shape index (κ1) is 32.7. The molecular formula is C43H24F3N3O5. The van der Waals surface area contributed by atoms with Gasteiger partial charge in [0, 0.05) is 34.5 Å². The maximum absolute atomic E-state index is 14.4. The number of fused-ring (bicyclic) bond motifs is 5. The SMILES string of the molecule is Cc1ccc2c(c1)c1cc(N3C(=O)c4ccc(C(=O)c5ccc6c(c5)C(=O)N(C)C6=O)cc4C3=O)ccc1n2-c1ccccc1-c1cc(F)c(F)c(F)c1. The smallest absolute Gasteiger partial charge is 0.266 e. The maximum atomic E-state index is 14.4. The zero-order chi connectivity index (χ0) is 37.7. The van der Waals surface area contributed by atoms with Crippen LogP contribution < -0.4 is 4.90 Å². The number of carbonyl (C=O) groups excluding carboxylic acids is 5. The Bertz CT molecular complexity index is 2890. The van der Waals surface area contributed by atoms with Gasteiger partial charge in [0.15, 0.2) is 23.2 Å². The summed E-state index contributed by atoms with van der Waals surface area (Å²) >= 11 is 0. The molecule has 0 aliphatic carbocycles. The molecule has 8 nitrogen and oxygen atoms in total. The summed E-state index contributed by atoms with van der Waals surface area (Å²) in [5.41, 5.74) is 4.47. The van der Waals surface area contributed by atoms with Crippen LogP contribution in [0.25, 0.3) is 38.6 Å². The minimum atomic E-state index is -1.56. The zero-order valence-corrected chi connectivity index (χ0v) is 28.4. The number of benzene rings is 6. The third-order valence-corrected chi connectivity index (χ3v) is 10.1. The van der Waals surface area contributed by atoms with Crippen LogP contribution in [-0.2, 0) is 0 Å². The monoisotopic (exact) mass is 719 g/mol. The Labute approximate surface area is 304 Å². The van der Waals surface area contributed by atoms with Crippen LogP contribution in [0.5, 0.6) is 0 Å². The average Bonchev–Trinajstić information content (AvgIpc) is 3.71. The van der Waals surface area contributed by atoms with Crippen LogP contribution in [0.2, 0.25) is 0 Å². The van der Waals surface area contributed by atoms with E-state index in [9.17, 15) is 37.1 Å². The maximum Gasteiger partial charge on any atom is 0.266 e. The van der Waals surface area contributed by atoms with Crippen molar-refractivity contribution in [2.75, 3.05) is 11.9 Å².